The van der Waals surface area contributed by atoms with E-state index in [0.717, 1.165) is 58.4 Å². The number of aryl methyl sites for hydroxylation is 2. The van der Waals surface area contributed by atoms with E-state index < -0.39 is 10.0 Å². The van der Waals surface area contributed by atoms with Gasteiger partial charge >= 0.3 is 0 Å². The Hall–Kier alpha value is -2.42. The molecule has 0 aliphatic carbocycles. The minimum atomic E-state index is -3.51. The summed E-state index contributed by atoms with van der Waals surface area (Å²) in [6.45, 7) is 5.09. The molecule has 3 aromatic rings. The van der Waals surface area contributed by atoms with Crippen molar-refractivity contribution in [2.24, 2.45) is 0 Å². The van der Waals surface area contributed by atoms with Gasteiger partial charge in [-0.1, -0.05) is 36.7 Å². The highest BCUT2D eigenvalue weighted by molar-refractivity contribution is 7.99. The Kier molecular flexibility index (Phi) is 7.36. The lowest BCUT2D eigenvalue weighted by atomic mass is 10.1. The summed E-state index contributed by atoms with van der Waals surface area (Å²) in [5.41, 5.74) is 3.53. The van der Waals surface area contributed by atoms with E-state index in [1.165, 1.54) is 11.8 Å². The van der Waals surface area contributed by atoms with Crippen LogP contribution in [0.25, 0.3) is 10.9 Å². The van der Waals surface area contributed by atoms with Crippen molar-refractivity contribution in [2.45, 2.75) is 49.5 Å². The predicted molar refractivity (Wildman–Crippen MR) is 134 cm³/mol. The molecule has 0 unspecified atom stereocenters. The average Bonchev–Trinajstić information content (AvgIpc) is 3.08. The molecule has 0 bridgehead atoms. The predicted octanol–water partition coefficient (Wildman–Crippen LogP) is 5.15. The molecule has 2 heterocycles. The molecule has 0 radical (unpaired) electrons. The number of nitrogens with one attached hydrogen (secondary N) is 1. The van der Waals surface area contributed by atoms with Crippen molar-refractivity contribution in [1.82, 2.24) is 9.29 Å². The molecular weight excluding hydrogens is 454 g/mol. The Morgan fingerprint density at radius 2 is 1.79 bits per heavy atom. The molecule has 0 atom stereocenters. The average molecular weight is 484 g/mol. The fraction of sp³-hybridized carbons (Fsp3) is 0.360. The number of anilines is 1. The van der Waals surface area contributed by atoms with Gasteiger partial charge in [-0.15, -0.1) is 0 Å². The van der Waals surface area contributed by atoms with Crippen LogP contribution in [0.5, 0.6) is 0 Å². The molecule has 1 N–H and O–H groups in total. The first kappa shape index (κ1) is 23.7. The molecule has 0 saturated carbocycles. The van der Waals surface area contributed by atoms with Gasteiger partial charge in [-0.25, -0.2) is 13.4 Å². The second-order valence-corrected chi connectivity index (χ2v) is 11.4. The van der Waals surface area contributed by atoms with Crippen LogP contribution in [-0.4, -0.2) is 42.5 Å². The number of nitrogens with zero attached hydrogens (tertiary/aromatic N) is 2. The molecule has 1 fully saturated rings. The lowest BCUT2D eigenvalue weighted by Crippen LogP contribution is -2.31. The molecule has 4 rings (SSSR count). The summed E-state index contributed by atoms with van der Waals surface area (Å²) in [6.07, 6.45) is 3.98. The van der Waals surface area contributed by atoms with E-state index in [0.29, 0.717) is 18.0 Å². The Morgan fingerprint density at radius 3 is 2.52 bits per heavy atom. The highest BCUT2D eigenvalue weighted by atomic mass is 32.2. The maximum absolute atomic E-state index is 13.2. The van der Waals surface area contributed by atoms with Crippen LogP contribution < -0.4 is 5.32 Å². The molecule has 1 saturated heterocycles. The number of fused-ring (bicyclic) bond motifs is 1. The molecular formula is C25H29N3O3S2. The topological polar surface area (TPSA) is 79.4 Å². The standard InChI is InChI=1S/C25H29N3O3S2/c1-18-8-7-9-20(14-18)26-24(29)17-32-25-15-19(2)22-16-21(10-11-23(22)27-25)33(30,31)28-12-5-3-4-6-13-28/h7-11,14-16H,3-6,12-13,17H2,1-2H3,(H,26,29). The van der Waals surface area contributed by atoms with Gasteiger partial charge in [-0.2, -0.15) is 4.31 Å². The normalized spacial score (nSPS) is 15.3. The highest BCUT2D eigenvalue weighted by Crippen LogP contribution is 2.28. The summed E-state index contributed by atoms with van der Waals surface area (Å²) in [7, 11) is -3.51. The smallest absolute Gasteiger partial charge is 0.243 e. The maximum atomic E-state index is 13.2. The van der Waals surface area contributed by atoms with Crippen LogP contribution in [0.1, 0.15) is 36.8 Å². The highest BCUT2D eigenvalue weighted by Gasteiger charge is 2.25. The van der Waals surface area contributed by atoms with Crippen LogP contribution in [0.15, 0.2) is 58.5 Å². The number of carbonyl (C=O) groups excluding carboxylic acids is 1. The van der Waals surface area contributed by atoms with Crippen molar-refractivity contribution < 1.29 is 13.2 Å². The van der Waals surface area contributed by atoms with Gasteiger partial charge in [0.2, 0.25) is 15.9 Å². The molecule has 1 aliphatic rings. The van der Waals surface area contributed by atoms with E-state index in [4.69, 9.17) is 0 Å². The minimum absolute atomic E-state index is 0.0935. The van der Waals surface area contributed by atoms with Crippen LogP contribution in [-0.2, 0) is 14.8 Å². The Bertz CT molecular complexity index is 1270. The fourth-order valence-electron chi connectivity index (χ4n) is 4.07. The second-order valence-electron chi connectivity index (χ2n) is 8.48. The van der Waals surface area contributed by atoms with Gasteiger partial charge in [-0.05, 0) is 74.2 Å². The zero-order valence-electron chi connectivity index (χ0n) is 19.0. The summed E-state index contributed by atoms with van der Waals surface area (Å²) >= 11 is 1.37. The summed E-state index contributed by atoms with van der Waals surface area (Å²) in [4.78, 5) is 17.3. The van der Waals surface area contributed by atoms with Crippen LogP contribution >= 0.6 is 11.8 Å². The van der Waals surface area contributed by atoms with Gasteiger partial charge in [0.15, 0.2) is 0 Å². The maximum Gasteiger partial charge on any atom is 0.243 e. The number of amides is 1. The largest absolute Gasteiger partial charge is 0.325 e. The summed E-state index contributed by atoms with van der Waals surface area (Å²) in [6, 6.07) is 14.7. The van der Waals surface area contributed by atoms with Gasteiger partial charge < -0.3 is 5.32 Å². The molecule has 2 aromatic carbocycles. The third-order valence-electron chi connectivity index (χ3n) is 5.82. The molecule has 174 valence electrons. The first-order chi connectivity index (χ1) is 15.8. The van der Waals surface area contributed by atoms with Gasteiger partial charge in [-0.3, -0.25) is 4.79 Å². The number of sulfonamides is 1. The minimum Gasteiger partial charge on any atom is -0.325 e. The third-order valence-corrected chi connectivity index (χ3v) is 8.63. The number of hydrogen-bond acceptors (Lipinski definition) is 5. The van der Waals surface area contributed by atoms with E-state index in [9.17, 15) is 13.2 Å². The SMILES string of the molecule is Cc1cccc(NC(=O)CSc2cc(C)c3cc(S(=O)(=O)N4CCCCCC4)ccc3n2)c1. The monoisotopic (exact) mass is 483 g/mol. The van der Waals surface area contributed by atoms with E-state index >= 15 is 0 Å². The lowest BCUT2D eigenvalue weighted by Gasteiger charge is -2.20. The fourth-order valence-corrected chi connectivity index (χ4v) is 6.39. The van der Waals surface area contributed by atoms with Crippen LogP contribution in [0, 0.1) is 13.8 Å². The third kappa shape index (κ3) is 5.75. The molecule has 33 heavy (non-hydrogen) atoms. The van der Waals surface area contributed by atoms with Crippen molar-refractivity contribution >= 4 is 44.3 Å². The quantitative estimate of drug-likeness (QED) is 0.491. The molecule has 1 aromatic heterocycles. The number of hydrogen-bond donors (Lipinski definition) is 1. The van der Waals surface area contributed by atoms with Crippen molar-refractivity contribution in [2.75, 3.05) is 24.2 Å². The van der Waals surface area contributed by atoms with Crippen molar-refractivity contribution in [3.63, 3.8) is 0 Å². The van der Waals surface area contributed by atoms with E-state index in [-0.39, 0.29) is 11.7 Å². The van der Waals surface area contributed by atoms with Crippen molar-refractivity contribution in [3.8, 4) is 0 Å². The number of pyridine rings is 1. The summed E-state index contributed by atoms with van der Waals surface area (Å²) < 4.78 is 27.9. The number of thioether (sulfide) groups is 1. The summed E-state index contributed by atoms with van der Waals surface area (Å²) in [5.74, 6) is 0.150. The second kappa shape index (κ2) is 10.2. The van der Waals surface area contributed by atoms with Gasteiger partial charge in [0.1, 0.15) is 0 Å². The molecule has 6 nitrogen and oxygen atoms in total. The van der Waals surface area contributed by atoms with Crippen LogP contribution in [0.4, 0.5) is 5.69 Å². The number of aromatic nitrogens is 1. The van der Waals surface area contributed by atoms with E-state index in [1.54, 1.807) is 22.5 Å². The summed E-state index contributed by atoms with van der Waals surface area (Å²) in [5, 5.41) is 4.46. The van der Waals surface area contributed by atoms with Crippen molar-refractivity contribution in [1.29, 1.82) is 0 Å². The first-order valence-electron chi connectivity index (χ1n) is 11.2. The Morgan fingerprint density at radius 1 is 1.03 bits per heavy atom. The zero-order chi connectivity index (χ0) is 23.4. The molecule has 1 amide bonds. The molecule has 0 spiro atoms. The van der Waals surface area contributed by atoms with Crippen LogP contribution in [0.2, 0.25) is 0 Å². The number of carbonyl (C=O) groups is 1. The van der Waals surface area contributed by atoms with E-state index in [2.05, 4.69) is 10.3 Å². The van der Waals surface area contributed by atoms with Crippen molar-refractivity contribution in [3.05, 3.63) is 59.7 Å². The lowest BCUT2D eigenvalue weighted by molar-refractivity contribution is -0.113. The van der Waals surface area contributed by atoms with E-state index in [1.807, 2.05) is 44.2 Å². The van der Waals surface area contributed by atoms with Gasteiger partial charge in [0.05, 0.1) is 21.2 Å². The van der Waals surface area contributed by atoms with Gasteiger partial charge in [0.25, 0.3) is 0 Å². The Labute approximate surface area is 199 Å². The molecule has 1 aliphatic heterocycles. The molecule has 8 heteroatoms. The van der Waals surface area contributed by atoms with Gasteiger partial charge in [0, 0.05) is 24.2 Å². The van der Waals surface area contributed by atoms with Crippen LogP contribution in [0.3, 0.4) is 0 Å². The first-order valence-corrected chi connectivity index (χ1v) is 13.7. The zero-order valence-corrected chi connectivity index (χ0v) is 20.6. The number of rotatable bonds is 6. The number of benzene rings is 2. The Balaban J connectivity index is 1.49.